The first-order valence-electron chi connectivity index (χ1n) is 6.95. The predicted octanol–water partition coefficient (Wildman–Crippen LogP) is -0.206. The Morgan fingerprint density at radius 3 is 2.77 bits per heavy atom. The van der Waals surface area contributed by atoms with Crippen molar-refractivity contribution >= 4 is 21.6 Å². The predicted molar refractivity (Wildman–Crippen MR) is 81.6 cm³/mol. The van der Waals surface area contributed by atoms with Crippen LogP contribution in [0.15, 0.2) is 12.4 Å². The standard InChI is InChI=1S/C13H20N4O4S/c1-17(10-3-6-22(19,20)9-10)13(18)11-7-16-12(8-15-11)14-4-5-21-2/h7-8,10H,3-6,9H2,1-2H3,(H,14,16). The van der Waals surface area contributed by atoms with Crippen molar-refractivity contribution in [3.63, 3.8) is 0 Å². The number of anilines is 1. The number of nitrogens with one attached hydrogen (secondary N) is 1. The molecule has 1 unspecified atom stereocenters. The number of hydrogen-bond acceptors (Lipinski definition) is 7. The molecular formula is C13H20N4O4S. The number of aromatic nitrogens is 2. The Kier molecular flexibility index (Phi) is 5.30. The third-order valence-corrected chi connectivity index (χ3v) is 5.31. The van der Waals surface area contributed by atoms with Crippen LogP contribution >= 0.6 is 0 Å². The van der Waals surface area contributed by atoms with E-state index in [2.05, 4.69) is 15.3 Å². The van der Waals surface area contributed by atoms with Crippen molar-refractivity contribution in [3.05, 3.63) is 18.1 Å². The molecule has 2 heterocycles. The van der Waals surface area contributed by atoms with Crippen molar-refractivity contribution in [2.45, 2.75) is 12.5 Å². The van der Waals surface area contributed by atoms with Crippen molar-refractivity contribution < 1.29 is 17.9 Å². The van der Waals surface area contributed by atoms with E-state index in [0.717, 1.165) is 0 Å². The molecule has 0 aromatic carbocycles. The van der Waals surface area contributed by atoms with Crippen molar-refractivity contribution in [1.29, 1.82) is 0 Å². The molecule has 22 heavy (non-hydrogen) atoms. The molecule has 1 aliphatic rings. The fourth-order valence-corrected chi connectivity index (χ4v) is 4.01. The molecule has 1 amide bonds. The fraction of sp³-hybridized carbons (Fsp3) is 0.615. The molecule has 1 fully saturated rings. The molecule has 0 saturated carbocycles. The molecule has 0 spiro atoms. The Balaban J connectivity index is 1.97. The summed E-state index contributed by atoms with van der Waals surface area (Å²) in [5, 5.41) is 3.00. The molecule has 1 saturated heterocycles. The number of ether oxygens (including phenoxy) is 1. The van der Waals surface area contributed by atoms with Crippen LogP contribution in [0, 0.1) is 0 Å². The molecule has 2 rings (SSSR count). The van der Waals surface area contributed by atoms with Crippen molar-refractivity contribution in [2.24, 2.45) is 0 Å². The van der Waals surface area contributed by atoms with Crippen LogP contribution < -0.4 is 5.32 Å². The Morgan fingerprint density at radius 1 is 1.45 bits per heavy atom. The van der Waals surface area contributed by atoms with E-state index in [0.29, 0.717) is 25.4 Å². The average Bonchev–Trinajstić information content (AvgIpc) is 2.87. The van der Waals surface area contributed by atoms with E-state index in [4.69, 9.17) is 4.74 Å². The number of nitrogens with zero attached hydrogens (tertiary/aromatic N) is 3. The maximum atomic E-state index is 12.3. The highest BCUT2D eigenvalue weighted by molar-refractivity contribution is 7.91. The zero-order valence-corrected chi connectivity index (χ0v) is 13.5. The fourth-order valence-electron chi connectivity index (χ4n) is 2.24. The largest absolute Gasteiger partial charge is 0.383 e. The summed E-state index contributed by atoms with van der Waals surface area (Å²) in [4.78, 5) is 21.9. The van der Waals surface area contributed by atoms with Gasteiger partial charge in [-0.05, 0) is 6.42 Å². The second-order valence-electron chi connectivity index (χ2n) is 5.18. The van der Waals surface area contributed by atoms with Crippen molar-refractivity contribution in [1.82, 2.24) is 14.9 Å². The van der Waals surface area contributed by atoms with Gasteiger partial charge in [0, 0.05) is 26.7 Å². The van der Waals surface area contributed by atoms with Crippen LogP contribution in [-0.4, -0.2) is 74.0 Å². The minimum absolute atomic E-state index is 0.0132. The highest BCUT2D eigenvalue weighted by Crippen LogP contribution is 2.18. The highest BCUT2D eigenvalue weighted by atomic mass is 32.2. The van der Waals surface area contributed by atoms with Crippen LogP contribution in [0.25, 0.3) is 0 Å². The summed E-state index contributed by atoms with van der Waals surface area (Å²) < 4.78 is 27.9. The number of hydrogen-bond donors (Lipinski definition) is 1. The summed E-state index contributed by atoms with van der Waals surface area (Å²) in [6, 6.07) is -0.293. The van der Waals surface area contributed by atoms with Gasteiger partial charge in [0.05, 0.1) is 30.5 Å². The summed E-state index contributed by atoms with van der Waals surface area (Å²) in [6.45, 7) is 1.14. The topological polar surface area (TPSA) is 101 Å². The first-order chi connectivity index (χ1) is 10.4. The van der Waals surface area contributed by atoms with Gasteiger partial charge in [0.2, 0.25) is 0 Å². The molecule has 0 bridgehead atoms. The quantitative estimate of drug-likeness (QED) is 0.721. The number of amides is 1. The summed E-state index contributed by atoms with van der Waals surface area (Å²) in [7, 11) is 0.175. The molecule has 1 atom stereocenters. The highest BCUT2D eigenvalue weighted by Gasteiger charge is 2.33. The van der Waals surface area contributed by atoms with Gasteiger partial charge in [0.25, 0.3) is 5.91 Å². The zero-order chi connectivity index (χ0) is 16.2. The lowest BCUT2D eigenvalue weighted by Crippen LogP contribution is -2.38. The molecule has 9 heteroatoms. The van der Waals surface area contributed by atoms with Crippen LogP contribution in [0.5, 0.6) is 0 Å². The van der Waals surface area contributed by atoms with E-state index in [1.165, 1.54) is 17.3 Å². The lowest BCUT2D eigenvalue weighted by atomic mass is 10.2. The van der Waals surface area contributed by atoms with Crippen molar-refractivity contribution in [2.75, 3.05) is 44.1 Å². The Morgan fingerprint density at radius 2 is 2.23 bits per heavy atom. The second kappa shape index (κ2) is 7.01. The van der Waals surface area contributed by atoms with E-state index in [-0.39, 0.29) is 29.1 Å². The number of sulfone groups is 1. The second-order valence-corrected chi connectivity index (χ2v) is 7.41. The first kappa shape index (κ1) is 16.6. The van der Waals surface area contributed by atoms with E-state index in [1.54, 1.807) is 14.2 Å². The smallest absolute Gasteiger partial charge is 0.274 e. The molecular weight excluding hydrogens is 308 g/mol. The molecule has 1 aromatic rings. The lowest BCUT2D eigenvalue weighted by molar-refractivity contribution is 0.0741. The number of rotatable bonds is 6. The first-order valence-corrected chi connectivity index (χ1v) is 8.77. The van der Waals surface area contributed by atoms with Gasteiger partial charge in [-0.1, -0.05) is 0 Å². The van der Waals surface area contributed by atoms with Crippen molar-refractivity contribution in [3.8, 4) is 0 Å². The van der Waals surface area contributed by atoms with E-state index in [9.17, 15) is 13.2 Å². The Hall–Kier alpha value is -1.74. The third kappa shape index (κ3) is 4.14. The van der Waals surface area contributed by atoms with Gasteiger partial charge in [-0.2, -0.15) is 0 Å². The van der Waals surface area contributed by atoms with Crippen LogP contribution in [0.1, 0.15) is 16.9 Å². The molecule has 0 radical (unpaired) electrons. The maximum Gasteiger partial charge on any atom is 0.274 e. The van der Waals surface area contributed by atoms with Gasteiger partial charge in [0.1, 0.15) is 11.5 Å². The maximum absolute atomic E-state index is 12.3. The number of methoxy groups -OCH3 is 1. The van der Waals surface area contributed by atoms with Crippen LogP contribution in [0.4, 0.5) is 5.82 Å². The average molecular weight is 328 g/mol. The monoisotopic (exact) mass is 328 g/mol. The Labute approximate surface area is 129 Å². The minimum Gasteiger partial charge on any atom is -0.383 e. The molecule has 1 N–H and O–H groups in total. The summed E-state index contributed by atoms with van der Waals surface area (Å²) >= 11 is 0. The van der Waals surface area contributed by atoms with E-state index >= 15 is 0 Å². The van der Waals surface area contributed by atoms with Gasteiger partial charge in [0.15, 0.2) is 9.84 Å². The molecule has 1 aromatic heterocycles. The van der Waals surface area contributed by atoms with Crippen LogP contribution in [-0.2, 0) is 14.6 Å². The third-order valence-electron chi connectivity index (χ3n) is 3.56. The van der Waals surface area contributed by atoms with E-state index in [1.807, 2.05) is 0 Å². The number of carbonyl (C=O) groups is 1. The normalized spacial score (nSPS) is 19.8. The van der Waals surface area contributed by atoms with Gasteiger partial charge in [-0.25, -0.2) is 18.4 Å². The minimum atomic E-state index is -3.03. The lowest BCUT2D eigenvalue weighted by Gasteiger charge is -2.22. The van der Waals surface area contributed by atoms with Gasteiger partial charge in [-0.15, -0.1) is 0 Å². The summed E-state index contributed by atoms with van der Waals surface area (Å²) in [5.74, 6) is 0.376. The summed E-state index contributed by atoms with van der Waals surface area (Å²) in [6.07, 6.45) is 3.33. The zero-order valence-electron chi connectivity index (χ0n) is 12.7. The molecule has 1 aliphatic heterocycles. The van der Waals surface area contributed by atoms with Crippen LogP contribution in [0.3, 0.4) is 0 Å². The summed E-state index contributed by atoms with van der Waals surface area (Å²) in [5.41, 5.74) is 0.198. The molecule has 8 nitrogen and oxygen atoms in total. The van der Waals surface area contributed by atoms with Gasteiger partial charge in [-0.3, -0.25) is 4.79 Å². The Bertz CT molecular complexity index is 617. The van der Waals surface area contributed by atoms with Gasteiger partial charge < -0.3 is 15.0 Å². The number of carbonyl (C=O) groups excluding carboxylic acids is 1. The SMILES string of the molecule is COCCNc1cnc(C(=O)N(C)C2CCS(=O)(=O)C2)cn1. The molecule has 122 valence electrons. The van der Waals surface area contributed by atoms with Gasteiger partial charge >= 0.3 is 0 Å². The van der Waals surface area contributed by atoms with E-state index < -0.39 is 9.84 Å². The molecule has 0 aliphatic carbocycles. The van der Waals surface area contributed by atoms with Crippen LogP contribution in [0.2, 0.25) is 0 Å².